The monoisotopic (exact) mass is 323 g/mol. The minimum absolute atomic E-state index is 0.225. The third-order valence-corrected chi connectivity index (χ3v) is 4.48. The number of halogens is 2. The fraction of sp³-hybridized carbons (Fsp3) is 0.333. The van der Waals surface area contributed by atoms with Crippen LogP contribution in [-0.2, 0) is 13.0 Å². The summed E-state index contributed by atoms with van der Waals surface area (Å²) in [6.07, 6.45) is 2.62. The molecular formula is C15H15ClFN3S. The fourth-order valence-corrected chi connectivity index (χ4v) is 3.17. The average molecular weight is 324 g/mol. The van der Waals surface area contributed by atoms with Crippen molar-refractivity contribution in [2.45, 2.75) is 32.2 Å². The number of rotatable bonds is 4. The highest BCUT2D eigenvalue weighted by molar-refractivity contribution is 7.09. The van der Waals surface area contributed by atoms with Gasteiger partial charge in [-0.05, 0) is 25.5 Å². The van der Waals surface area contributed by atoms with Gasteiger partial charge in [0.1, 0.15) is 11.6 Å². The molecule has 0 saturated heterocycles. The second-order valence-electron chi connectivity index (χ2n) is 5.00. The van der Waals surface area contributed by atoms with Gasteiger partial charge in [0.05, 0.1) is 21.4 Å². The zero-order valence-corrected chi connectivity index (χ0v) is 13.4. The Morgan fingerprint density at radius 3 is 2.90 bits per heavy atom. The van der Waals surface area contributed by atoms with Gasteiger partial charge in [-0.1, -0.05) is 0 Å². The van der Waals surface area contributed by atoms with Crippen molar-refractivity contribution in [3.63, 3.8) is 0 Å². The molecule has 6 heteroatoms. The molecule has 0 N–H and O–H groups in total. The van der Waals surface area contributed by atoms with Crippen molar-refractivity contribution in [2.75, 3.05) is 0 Å². The number of aromatic nitrogens is 3. The van der Waals surface area contributed by atoms with Gasteiger partial charge in [-0.2, -0.15) is 0 Å². The number of hydrogen-bond acceptors (Lipinski definition) is 3. The maximum atomic E-state index is 13.7. The van der Waals surface area contributed by atoms with Crippen LogP contribution in [0.15, 0.2) is 23.7 Å². The van der Waals surface area contributed by atoms with Crippen LogP contribution in [0.1, 0.15) is 28.7 Å². The first kappa shape index (κ1) is 14.5. The van der Waals surface area contributed by atoms with Gasteiger partial charge in [-0.25, -0.2) is 14.4 Å². The first-order valence-electron chi connectivity index (χ1n) is 6.75. The SMILES string of the molecule is Cc1cc2c(cc1F)nc(C(C)Cl)n2CCc1nccs1. The number of aryl methyl sites for hydroxylation is 3. The predicted octanol–water partition coefficient (Wildman–Crippen LogP) is 4.48. The van der Waals surface area contributed by atoms with Gasteiger partial charge in [0.15, 0.2) is 0 Å². The molecular weight excluding hydrogens is 309 g/mol. The molecule has 2 aromatic heterocycles. The summed E-state index contributed by atoms with van der Waals surface area (Å²) < 4.78 is 15.8. The zero-order chi connectivity index (χ0) is 15.0. The van der Waals surface area contributed by atoms with Crippen molar-refractivity contribution < 1.29 is 4.39 Å². The Morgan fingerprint density at radius 2 is 2.24 bits per heavy atom. The summed E-state index contributed by atoms with van der Waals surface area (Å²) >= 11 is 7.86. The summed E-state index contributed by atoms with van der Waals surface area (Å²) in [6.45, 7) is 4.38. The van der Waals surface area contributed by atoms with Crippen molar-refractivity contribution >= 4 is 34.0 Å². The Morgan fingerprint density at radius 1 is 1.43 bits per heavy atom. The molecule has 110 valence electrons. The number of alkyl halides is 1. The first-order chi connectivity index (χ1) is 10.1. The van der Waals surface area contributed by atoms with Gasteiger partial charge in [0.2, 0.25) is 0 Å². The maximum absolute atomic E-state index is 13.7. The minimum Gasteiger partial charge on any atom is -0.326 e. The highest BCUT2D eigenvalue weighted by atomic mass is 35.5. The van der Waals surface area contributed by atoms with E-state index < -0.39 is 0 Å². The van der Waals surface area contributed by atoms with E-state index in [0.29, 0.717) is 11.1 Å². The van der Waals surface area contributed by atoms with Crippen LogP contribution in [0.25, 0.3) is 11.0 Å². The van der Waals surface area contributed by atoms with Crippen LogP contribution < -0.4 is 0 Å². The second-order valence-corrected chi connectivity index (χ2v) is 6.64. The van der Waals surface area contributed by atoms with E-state index in [4.69, 9.17) is 11.6 Å². The summed E-state index contributed by atoms with van der Waals surface area (Å²) in [6, 6.07) is 3.32. The van der Waals surface area contributed by atoms with Crippen molar-refractivity contribution in [1.29, 1.82) is 0 Å². The summed E-state index contributed by atoms with van der Waals surface area (Å²) in [5, 5.41) is 2.81. The van der Waals surface area contributed by atoms with Crippen molar-refractivity contribution in [1.82, 2.24) is 14.5 Å². The number of hydrogen-bond donors (Lipinski definition) is 0. The second kappa shape index (κ2) is 5.73. The molecule has 0 aliphatic heterocycles. The molecule has 0 aliphatic carbocycles. The lowest BCUT2D eigenvalue weighted by atomic mass is 10.2. The Hall–Kier alpha value is -1.46. The van der Waals surface area contributed by atoms with Gasteiger partial charge >= 0.3 is 0 Å². The van der Waals surface area contributed by atoms with E-state index in [9.17, 15) is 4.39 Å². The quantitative estimate of drug-likeness (QED) is 0.663. The van der Waals surface area contributed by atoms with Crippen LogP contribution in [0, 0.1) is 12.7 Å². The fourth-order valence-electron chi connectivity index (χ4n) is 2.39. The van der Waals surface area contributed by atoms with Crippen LogP contribution >= 0.6 is 22.9 Å². The topological polar surface area (TPSA) is 30.7 Å². The molecule has 3 nitrogen and oxygen atoms in total. The third-order valence-electron chi connectivity index (χ3n) is 3.45. The molecule has 0 fully saturated rings. The van der Waals surface area contributed by atoms with E-state index in [0.717, 1.165) is 29.3 Å². The first-order valence-corrected chi connectivity index (χ1v) is 8.06. The van der Waals surface area contributed by atoms with E-state index in [1.54, 1.807) is 24.5 Å². The van der Waals surface area contributed by atoms with Gasteiger partial charge in [0, 0.05) is 30.6 Å². The molecule has 1 atom stereocenters. The molecule has 21 heavy (non-hydrogen) atoms. The van der Waals surface area contributed by atoms with Gasteiger partial charge in [-0.15, -0.1) is 22.9 Å². The van der Waals surface area contributed by atoms with E-state index in [-0.39, 0.29) is 11.2 Å². The van der Waals surface area contributed by atoms with Crippen LogP contribution in [0.3, 0.4) is 0 Å². The maximum Gasteiger partial charge on any atom is 0.128 e. The third kappa shape index (κ3) is 2.80. The number of nitrogens with zero attached hydrogens (tertiary/aromatic N) is 3. The highest BCUT2D eigenvalue weighted by Crippen LogP contribution is 2.27. The lowest BCUT2D eigenvalue weighted by molar-refractivity contribution is 0.619. The standard InChI is InChI=1S/C15H15ClFN3S/c1-9-7-13-12(8-11(9)17)19-15(10(2)16)20(13)5-3-14-18-4-6-21-14/h4,6-8,10H,3,5H2,1-2H3. The highest BCUT2D eigenvalue weighted by Gasteiger charge is 2.16. The molecule has 0 spiro atoms. The Labute approximate surface area is 131 Å². The van der Waals surface area contributed by atoms with Crippen molar-refractivity contribution in [3.05, 3.63) is 45.9 Å². The number of thiazole rings is 1. The van der Waals surface area contributed by atoms with Gasteiger partial charge in [-0.3, -0.25) is 0 Å². The van der Waals surface area contributed by atoms with E-state index in [1.165, 1.54) is 6.07 Å². The summed E-state index contributed by atoms with van der Waals surface area (Å²) in [5.74, 6) is 0.536. The summed E-state index contributed by atoms with van der Waals surface area (Å²) in [4.78, 5) is 8.78. The molecule has 3 aromatic rings. The number of benzene rings is 1. The Balaban J connectivity index is 2.04. The molecule has 1 unspecified atom stereocenters. The molecule has 0 radical (unpaired) electrons. The number of fused-ring (bicyclic) bond motifs is 1. The van der Waals surface area contributed by atoms with Gasteiger partial charge < -0.3 is 4.57 Å². The molecule has 0 saturated carbocycles. The van der Waals surface area contributed by atoms with E-state index >= 15 is 0 Å². The molecule has 1 aromatic carbocycles. The predicted molar refractivity (Wildman–Crippen MR) is 84.5 cm³/mol. The lowest BCUT2D eigenvalue weighted by Gasteiger charge is -2.10. The smallest absolute Gasteiger partial charge is 0.128 e. The van der Waals surface area contributed by atoms with Crippen LogP contribution in [-0.4, -0.2) is 14.5 Å². The van der Waals surface area contributed by atoms with E-state index in [1.807, 2.05) is 18.4 Å². The molecule has 0 amide bonds. The Bertz CT molecular complexity index is 765. The van der Waals surface area contributed by atoms with Crippen molar-refractivity contribution in [2.24, 2.45) is 0 Å². The van der Waals surface area contributed by atoms with Crippen LogP contribution in [0.2, 0.25) is 0 Å². The average Bonchev–Trinajstić information content (AvgIpc) is 3.05. The summed E-state index contributed by atoms with van der Waals surface area (Å²) in [5.41, 5.74) is 2.19. The lowest BCUT2D eigenvalue weighted by Crippen LogP contribution is -2.07. The number of imidazole rings is 1. The Kier molecular flexibility index (Phi) is 3.95. The molecule has 3 rings (SSSR count). The zero-order valence-electron chi connectivity index (χ0n) is 11.8. The van der Waals surface area contributed by atoms with Crippen molar-refractivity contribution in [3.8, 4) is 0 Å². The van der Waals surface area contributed by atoms with Crippen LogP contribution in [0.5, 0.6) is 0 Å². The summed E-state index contributed by atoms with van der Waals surface area (Å²) in [7, 11) is 0. The van der Waals surface area contributed by atoms with Gasteiger partial charge in [0.25, 0.3) is 0 Å². The largest absolute Gasteiger partial charge is 0.326 e. The normalized spacial score (nSPS) is 13.0. The molecule has 0 bridgehead atoms. The molecule has 0 aliphatic rings. The molecule has 2 heterocycles. The van der Waals surface area contributed by atoms with Crippen LogP contribution in [0.4, 0.5) is 4.39 Å². The minimum atomic E-state index is -0.235. The van der Waals surface area contributed by atoms with E-state index in [2.05, 4.69) is 14.5 Å².